The second-order valence-corrected chi connectivity index (χ2v) is 8.18. The van der Waals surface area contributed by atoms with Crippen molar-refractivity contribution in [1.29, 1.82) is 0 Å². The summed E-state index contributed by atoms with van der Waals surface area (Å²) in [5, 5.41) is 6.71. The molecule has 0 aliphatic carbocycles. The van der Waals surface area contributed by atoms with E-state index in [1.165, 1.54) is 11.8 Å². The molecule has 0 fully saturated rings. The summed E-state index contributed by atoms with van der Waals surface area (Å²) in [5.41, 5.74) is 3.27. The molecular weight excluding hydrogens is 386 g/mol. The summed E-state index contributed by atoms with van der Waals surface area (Å²) < 4.78 is 0. The highest BCUT2D eigenvalue weighted by molar-refractivity contribution is 7.99. The molecule has 28 heavy (non-hydrogen) atoms. The standard InChI is InChI=1S/C22H17N3OS2/c1-15-24-20(14-27-15)16-9-11-17(12-10-16)25-21(26)19-8-5-13-23-22(19)28-18-6-3-2-4-7-18/h2-14H,1H3,(H,25,26). The second-order valence-electron chi connectivity index (χ2n) is 6.05. The number of thiazole rings is 1. The Bertz CT molecular complexity index is 1090. The van der Waals surface area contributed by atoms with E-state index in [9.17, 15) is 4.79 Å². The Kier molecular flexibility index (Phi) is 5.50. The van der Waals surface area contributed by atoms with Gasteiger partial charge in [0.25, 0.3) is 5.91 Å². The minimum absolute atomic E-state index is 0.177. The van der Waals surface area contributed by atoms with Crippen molar-refractivity contribution < 1.29 is 4.79 Å². The molecule has 2 heterocycles. The monoisotopic (exact) mass is 403 g/mol. The number of hydrogen-bond donors (Lipinski definition) is 1. The lowest BCUT2D eigenvalue weighted by Crippen LogP contribution is -2.13. The van der Waals surface area contributed by atoms with Crippen LogP contribution in [-0.2, 0) is 0 Å². The van der Waals surface area contributed by atoms with Crippen molar-refractivity contribution in [2.45, 2.75) is 16.8 Å². The summed E-state index contributed by atoms with van der Waals surface area (Å²) >= 11 is 3.10. The van der Waals surface area contributed by atoms with E-state index in [1.807, 2.05) is 66.9 Å². The Morgan fingerprint density at radius 1 is 1.00 bits per heavy atom. The van der Waals surface area contributed by atoms with Crippen molar-refractivity contribution in [2.75, 3.05) is 5.32 Å². The third-order valence-electron chi connectivity index (χ3n) is 4.03. The molecule has 1 amide bonds. The lowest BCUT2D eigenvalue weighted by atomic mass is 10.1. The quantitative estimate of drug-likeness (QED) is 0.450. The van der Waals surface area contributed by atoms with E-state index in [4.69, 9.17) is 0 Å². The molecule has 4 rings (SSSR count). The van der Waals surface area contributed by atoms with Gasteiger partial charge in [-0.3, -0.25) is 4.79 Å². The van der Waals surface area contributed by atoms with E-state index in [0.29, 0.717) is 10.6 Å². The largest absolute Gasteiger partial charge is 0.322 e. The molecule has 4 nitrogen and oxygen atoms in total. The highest BCUT2D eigenvalue weighted by Crippen LogP contribution is 2.29. The number of carbonyl (C=O) groups is 1. The lowest BCUT2D eigenvalue weighted by Gasteiger charge is -2.09. The number of hydrogen-bond acceptors (Lipinski definition) is 5. The molecule has 0 aliphatic heterocycles. The van der Waals surface area contributed by atoms with Gasteiger partial charge in [-0.25, -0.2) is 9.97 Å². The number of anilines is 1. The van der Waals surface area contributed by atoms with Crippen molar-refractivity contribution in [1.82, 2.24) is 9.97 Å². The molecule has 0 saturated heterocycles. The van der Waals surface area contributed by atoms with Gasteiger partial charge >= 0.3 is 0 Å². The molecular formula is C22H17N3OS2. The third kappa shape index (κ3) is 4.30. The van der Waals surface area contributed by atoms with E-state index < -0.39 is 0 Å². The summed E-state index contributed by atoms with van der Waals surface area (Å²) in [4.78, 5) is 22.7. The van der Waals surface area contributed by atoms with Crippen LogP contribution in [0.4, 0.5) is 5.69 Å². The first-order valence-electron chi connectivity index (χ1n) is 8.71. The van der Waals surface area contributed by atoms with Gasteiger partial charge in [0.1, 0.15) is 5.03 Å². The molecule has 0 radical (unpaired) electrons. The van der Waals surface area contributed by atoms with Gasteiger partial charge in [-0.1, -0.05) is 42.1 Å². The lowest BCUT2D eigenvalue weighted by molar-refractivity contribution is 0.102. The van der Waals surface area contributed by atoms with E-state index in [0.717, 1.165) is 26.8 Å². The molecule has 6 heteroatoms. The molecule has 0 unspecified atom stereocenters. The predicted octanol–water partition coefficient (Wildman–Crippen LogP) is 5.92. The maximum atomic E-state index is 12.8. The van der Waals surface area contributed by atoms with E-state index >= 15 is 0 Å². The fraction of sp³-hybridized carbons (Fsp3) is 0.0455. The van der Waals surface area contributed by atoms with Crippen LogP contribution < -0.4 is 5.32 Å². The predicted molar refractivity (Wildman–Crippen MR) is 115 cm³/mol. The zero-order valence-corrected chi connectivity index (χ0v) is 16.8. The van der Waals surface area contributed by atoms with Gasteiger partial charge in [-0.05, 0) is 43.3 Å². The molecule has 2 aromatic carbocycles. The SMILES string of the molecule is Cc1nc(-c2ccc(NC(=O)c3cccnc3Sc3ccccc3)cc2)cs1. The van der Waals surface area contributed by atoms with Crippen molar-refractivity contribution in [3.8, 4) is 11.3 Å². The Morgan fingerprint density at radius 3 is 2.50 bits per heavy atom. The van der Waals surface area contributed by atoms with Crippen LogP contribution in [0, 0.1) is 6.92 Å². The molecule has 4 aromatic rings. The van der Waals surface area contributed by atoms with Gasteiger partial charge in [0.05, 0.1) is 16.3 Å². The minimum Gasteiger partial charge on any atom is -0.322 e. The second kappa shape index (κ2) is 8.37. The Morgan fingerprint density at radius 2 is 1.79 bits per heavy atom. The van der Waals surface area contributed by atoms with Crippen LogP contribution in [0.3, 0.4) is 0 Å². The first-order valence-corrected chi connectivity index (χ1v) is 10.4. The average Bonchev–Trinajstić information content (AvgIpc) is 3.16. The molecule has 0 atom stereocenters. The number of aromatic nitrogens is 2. The maximum Gasteiger partial charge on any atom is 0.258 e. The number of amides is 1. The highest BCUT2D eigenvalue weighted by Gasteiger charge is 2.14. The summed E-state index contributed by atoms with van der Waals surface area (Å²) in [7, 11) is 0. The van der Waals surface area contributed by atoms with Gasteiger partial charge in [0, 0.05) is 27.7 Å². The van der Waals surface area contributed by atoms with Crippen LogP contribution in [0.15, 0.2) is 88.2 Å². The number of pyridine rings is 1. The molecule has 0 saturated carbocycles. The number of benzene rings is 2. The first kappa shape index (κ1) is 18.4. The van der Waals surface area contributed by atoms with Gasteiger partial charge in [-0.2, -0.15) is 0 Å². The number of rotatable bonds is 5. The van der Waals surface area contributed by atoms with Crippen LogP contribution in [-0.4, -0.2) is 15.9 Å². The summed E-state index contributed by atoms with van der Waals surface area (Å²) in [6.07, 6.45) is 1.70. The third-order valence-corrected chi connectivity index (χ3v) is 5.83. The first-order chi connectivity index (χ1) is 13.7. The zero-order chi connectivity index (χ0) is 19.3. The molecule has 0 bridgehead atoms. The van der Waals surface area contributed by atoms with Crippen LogP contribution in [0.5, 0.6) is 0 Å². The normalized spacial score (nSPS) is 10.6. The average molecular weight is 404 g/mol. The fourth-order valence-electron chi connectivity index (χ4n) is 2.66. The van der Waals surface area contributed by atoms with Gasteiger partial charge in [0.2, 0.25) is 0 Å². The Labute approximate surface area is 171 Å². The van der Waals surface area contributed by atoms with Gasteiger partial charge < -0.3 is 5.32 Å². The van der Waals surface area contributed by atoms with Crippen LogP contribution in [0.2, 0.25) is 0 Å². The fourth-order valence-corrected chi connectivity index (χ4v) is 4.19. The van der Waals surface area contributed by atoms with Crippen molar-refractivity contribution in [3.05, 3.63) is 88.9 Å². The van der Waals surface area contributed by atoms with Crippen LogP contribution in [0.1, 0.15) is 15.4 Å². The summed E-state index contributed by atoms with van der Waals surface area (Å²) in [6, 6.07) is 21.2. The molecule has 0 spiro atoms. The van der Waals surface area contributed by atoms with E-state index in [2.05, 4.69) is 15.3 Å². The minimum atomic E-state index is -0.177. The van der Waals surface area contributed by atoms with Crippen molar-refractivity contribution in [3.63, 3.8) is 0 Å². The Hall–Kier alpha value is -2.96. The van der Waals surface area contributed by atoms with Crippen LogP contribution in [0.25, 0.3) is 11.3 Å². The Balaban J connectivity index is 1.51. The van der Waals surface area contributed by atoms with Crippen molar-refractivity contribution >= 4 is 34.7 Å². The molecule has 1 N–H and O–H groups in total. The van der Waals surface area contributed by atoms with Gasteiger partial charge in [0.15, 0.2) is 0 Å². The number of aryl methyl sites for hydroxylation is 1. The number of nitrogens with one attached hydrogen (secondary N) is 1. The number of nitrogens with zero attached hydrogens (tertiary/aromatic N) is 2. The zero-order valence-electron chi connectivity index (χ0n) is 15.1. The molecule has 2 aromatic heterocycles. The topological polar surface area (TPSA) is 54.9 Å². The summed E-state index contributed by atoms with van der Waals surface area (Å²) in [5.74, 6) is -0.177. The van der Waals surface area contributed by atoms with E-state index in [-0.39, 0.29) is 5.91 Å². The van der Waals surface area contributed by atoms with Gasteiger partial charge in [-0.15, -0.1) is 11.3 Å². The van der Waals surface area contributed by atoms with Crippen LogP contribution >= 0.6 is 23.1 Å². The number of carbonyl (C=O) groups excluding carboxylic acids is 1. The smallest absolute Gasteiger partial charge is 0.258 e. The van der Waals surface area contributed by atoms with Crippen molar-refractivity contribution in [2.24, 2.45) is 0 Å². The molecule has 0 aliphatic rings. The van der Waals surface area contributed by atoms with E-state index in [1.54, 1.807) is 29.7 Å². The highest BCUT2D eigenvalue weighted by atomic mass is 32.2. The summed E-state index contributed by atoms with van der Waals surface area (Å²) in [6.45, 7) is 1.99. The maximum absolute atomic E-state index is 12.8. The molecule has 138 valence electrons.